The van der Waals surface area contributed by atoms with Crippen LogP contribution in [0.5, 0.6) is 0 Å². The molecule has 216 valence electrons. The molecular formula is C33H39N3O4S. The SMILES string of the molecule is CSc1cccc(NC(=O)[C@H]2[C@H]3C=C[C@@]4(O3)[C@H]2C(=O)N([C@H](C)CCc2ccccc2)[C@@H]4C(=O)NC2CCCCC2)c1. The van der Waals surface area contributed by atoms with Crippen LogP contribution in [0.25, 0.3) is 0 Å². The number of rotatable bonds is 9. The normalized spacial score (nSPS) is 29.4. The Labute approximate surface area is 246 Å². The van der Waals surface area contributed by atoms with E-state index < -0.39 is 29.6 Å². The molecule has 3 amide bonds. The van der Waals surface area contributed by atoms with E-state index in [1.165, 1.54) is 12.0 Å². The minimum absolute atomic E-state index is 0.105. The van der Waals surface area contributed by atoms with Gasteiger partial charge in [0, 0.05) is 22.7 Å². The van der Waals surface area contributed by atoms with Gasteiger partial charge in [0.05, 0.1) is 17.9 Å². The number of aryl methyl sites for hydroxylation is 1. The molecular weight excluding hydrogens is 534 g/mol. The summed E-state index contributed by atoms with van der Waals surface area (Å²) >= 11 is 1.60. The molecule has 2 aromatic rings. The summed E-state index contributed by atoms with van der Waals surface area (Å²) in [4.78, 5) is 45.0. The monoisotopic (exact) mass is 573 g/mol. The Morgan fingerprint density at radius 3 is 2.61 bits per heavy atom. The minimum Gasteiger partial charge on any atom is -0.359 e. The second-order valence-electron chi connectivity index (χ2n) is 11.9. The quantitative estimate of drug-likeness (QED) is 0.327. The number of carbonyl (C=O) groups is 3. The van der Waals surface area contributed by atoms with Gasteiger partial charge in [-0.05, 0) is 62.6 Å². The van der Waals surface area contributed by atoms with E-state index in [1.807, 2.05) is 67.8 Å². The van der Waals surface area contributed by atoms with Crippen molar-refractivity contribution in [2.75, 3.05) is 11.6 Å². The van der Waals surface area contributed by atoms with Crippen LogP contribution in [-0.4, -0.2) is 58.7 Å². The first-order valence-corrected chi connectivity index (χ1v) is 16.1. The number of hydrogen-bond acceptors (Lipinski definition) is 5. The third-order valence-corrected chi connectivity index (χ3v) is 10.0. The largest absolute Gasteiger partial charge is 0.359 e. The van der Waals surface area contributed by atoms with Crippen LogP contribution in [0.3, 0.4) is 0 Å². The first kappa shape index (κ1) is 28.0. The highest BCUT2D eigenvalue weighted by molar-refractivity contribution is 7.98. The van der Waals surface area contributed by atoms with E-state index in [0.717, 1.165) is 37.0 Å². The zero-order valence-corrected chi connectivity index (χ0v) is 24.6. The van der Waals surface area contributed by atoms with Crippen molar-refractivity contribution in [2.45, 2.75) is 86.6 Å². The third kappa shape index (κ3) is 5.21. The predicted octanol–water partition coefficient (Wildman–Crippen LogP) is 4.97. The molecule has 0 radical (unpaired) electrons. The highest BCUT2D eigenvalue weighted by Crippen LogP contribution is 2.56. The molecule has 41 heavy (non-hydrogen) atoms. The van der Waals surface area contributed by atoms with Crippen molar-refractivity contribution < 1.29 is 19.1 Å². The topological polar surface area (TPSA) is 87.7 Å². The van der Waals surface area contributed by atoms with Gasteiger partial charge in [0.1, 0.15) is 11.6 Å². The molecule has 6 rings (SSSR count). The average molecular weight is 574 g/mol. The number of thioether (sulfide) groups is 1. The van der Waals surface area contributed by atoms with E-state index >= 15 is 0 Å². The second kappa shape index (κ2) is 11.6. The summed E-state index contributed by atoms with van der Waals surface area (Å²) in [7, 11) is 0. The maximum Gasteiger partial charge on any atom is 0.246 e. The van der Waals surface area contributed by atoms with E-state index in [2.05, 4.69) is 22.8 Å². The average Bonchev–Trinajstić information content (AvgIpc) is 3.64. The Balaban J connectivity index is 1.29. The van der Waals surface area contributed by atoms with Crippen LogP contribution in [0.4, 0.5) is 5.69 Å². The highest BCUT2D eigenvalue weighted by Gasteiger charge is 2.73. The van der Waals surface area contributed by atoms with Crippen LogP contribution in [0, 0.1) is 11.8 Å². The van der Waals surface area contributed by atoms with Crippen molar-refractivity contribution in [3.05, 3.63) is 72.3 Å². The van der Waals surface area contributed by atoms with Crippen LogP contribution < -0.4 is 10.6 Å². The molecule has 3 heterocycles. The van der Waals surface area contributed by atoms with E-state index in [4.69, 9.17) is 4.74 Å². The number of nitrogens with one attached hydrogen (secondary N) is 2. The molecule has 0 aromatic heterocycles. The number of fused-ring (bicyclic) bond motifs is 1. The molecule has 1 spiro atoms. The van der Waals surface area contributed by atoms with Gasteiger partial charge in [-0.1, -0.05) is 67.8 Å². The first-order valence-electron chi connectivity index (χ1n) is 14.9. The molecule has 8 heteroatoms. The van der Waals surface area contributed by atoms with E-state index in [1.54, 1.807) is 16.7 Å². The number of hydrogen-bond donors (Lipinski definition) is 2. The highest BCUT2D eigenvalue weighted by atomic mass is 32.2. The standard InChI is InChI=1S/C33H39N3O4S/c1-21(16-17-22-10-5-3-6-11-22)36-29(31(38)34-23-12-7-4-8-13-23)33-19-18-26(40-33)27(28(33)32(36)39)30(37)35-24-14-9-15-25(20-24)41-2/h3,5-6,9-11,14-15,18-21,23,26-29H,4,7-8,12-13,16-17H2,1-2H3,(H,34,38)(H,35,37)/t21-,26-,27+,28-,29-,33-/m1/s1. The van der Waals surface area contributed by atoms with Gasteiger partial charge in [0.2, 0.25) is 17.7 Å². The van der Waals surface area contributed by atoms with Crippen LogP contribution in [0.1, 0.15) is 51.0 Å². The van der Waals surface area contributed by atoms with Crippen molar-refractivity contribution in [2.24, 2.45) is 11.8 Å². The lowest BCUT2D eigenvalue weighted by Crippen LogP contribution is -2.58. The Morgan fingerprint density at radius 2 is 1.85 bits per heavy atom. The number of ether oxygens (including phenoxy) is 1. The zero-order chi connectivity index (χ0) is 28.6. The number of anilines is 1. The van der Waals surface area contributed by atoms with Gasteiger partial charge in [0.15, 0.2) is 0 Å². The lowest BCUT2D eigenvalue weighted by atomic mass is 9.74. The van der Waals surface area contributed by atoms with E-state index in [-0.39, 0.29) is 29.8 Å². The molecule has 1 aliphatic carbocycles. The molecule has 6 atom stereocenters. The molecule has 3 aliphatic heterocycles. The molecule has 2 aromatic carbocycles. The van der Waals surface area contributed by atoms with Gasteiger partial charge >= 0.3 is 0 Å². The molecule has 7 nitrogen and oxygen atoms in total. The molecule has 4 aliphatic rings. The van der Waals surface area contributed by atoms with Crippen molar-refractivity contribution in [1.82, 2.24) is 10.2 Å². The van der Waals surface area contributed by atoms with Gasteiger partial charge < -0.3 is 20.3 Å². The van der Waals surface area contributed by atoms with Crippen molar-refractivity contribution in [3.8, 4) is 0 Å². The zero-order valence-electron chi connectivity index (χ0n) is 23.8. The van der Waals surface area contributed by atoms with Gasteiger partial charge in [-0.2, -0.15) is 0 Å². The second-order valence-corrected chi connectivity index (χ2v) is 12.8. The van der Waals surface area contributed by atoms with Crippen LogP contribution in [0.15, 0.2) is 71.6 Å². The summed E-state index contributed by atoms with van der Waals surface area (Å²) in [5, 5.41) is 6.31. The van der Waals surface area contributed by atoms with Crippen molar-refractivity contribution in [1.29, 1.82) is 0 Å². The first-order chi connectivity index (χ1) is 19.9. The van der Waals surface area contributed by atoms with E-state index in [0.29, 0.717) is 12.1 Å². The van der Waals surface area contributed by atoms with Gasteiger partial charge in [-0.3, -0.25) is 14.4 Å². The summed E-state index contributed by atoms with van der Waals surface area (Å²) in [5.74, 6) is -2.04. The summed E-state index contributed by atoms with van der Waals surface area (Å²) in [5.41, 5.74) is 0.729. The maximum atomic E-state index is 14.3. The fourth-order valence-electron chi connectivity index (χ4n) is 7.29. The summed E-state index contributed by atoms with van der Waals surface area (Å²) in [6.45, 7) is 2.01. The molecule has 1 saturated carbocycles. The molecule has 2 bridgehead atoms. The smallest absolute Gasteiger partial charge is 0.246 e. The fraction of sp³-hybridized carbons (Fsp3) is 0.485. The van der Waals surface area contributed by atoms with Crippen molar-refractivity contribution in [3.63, 3.8) is 0 Å². The summed E-state index contributed by atoms with van der Waals surface area (Å²) in [6.07, 6.45) is 12.0. The number of likely N-dealkylation sites (tertiary alicyclic amines) is 1. The predicted molar refractivity (Wildman–Crippen MR) is 160 cm³/mol. The lowest BCUT2D eigenvalue weighted by Gasteiger charge is -2.36. The summed E-state index contributed by atoms with van der Waals surface area (Å²) < 4.78 is 6.54. The Morgan fingerprint density at radius 1 is 1.07 bits per heavy atom. The van der Waals surface area contributed by atoms with Crippen LogP contribution >= 0.6 is 11.8 Å². The molecule has 2 saturated heterocycles. The minimum atomic E-state index is -1.15. The molecule has 0 unspecified atom stereocenters. The van der Waals surface area contributed by atoms with Crippen LogP contribution in [0.2, 0.25) is 0 Å². The third-order valence-electron chi connectivity index (χ3n) is 9.32. The Hall–Kier alpha value is -3.10. The molecule has 3 fully saturated rings. The molecule has 2 N–H and O–H groups in total. The Kier molecular flexibility index (Phi) is 7.97. The van der Waals surface area contributed by atoms with Gasteiger partial charge in [-0.15, -0.1) is 11.8 Å². The van der Waals surface area contributed by atoms with Crippen molar-refractivity contribution >= 4 is 35.2 Å². The van der Waals surface area contributed by atoms with E-state index in [9.17, 15) is 14.4 Å². The van der Waals surface area contributed by atoms with Gasteiger partial charge in [0.25, 0.3) is 0 Å². The number of carbonyl (C=O) groups excluding carboxylic acids is 3. The van der Waals surface area contributed by atoms with Crippen LogP contribution in [-0.2, 0) is 25.5 Å². The maximum absolute atomic E-state index is 14.3. The summed E-state index contributed by atoms with van der Waals surface area (Å²) in [6, 6.07) is 16.9. The number of benzene rings is 2. The lowest BCUT2D eigenvalue weighted by molar-refractivity contribution is -0.143. The Bertz CT molecular complexity index is 1330. The number of amides is 3. The number of nitrogens with zero attached hydrogens (tertiary/aromatic N) is 1. The van der Waals surface area contributed by atoms with Gasteiger partial charge in [-0.25, -0.2) is 0 Å². The fourth-order valence-corrected chi connectivity index (χ4v) is 7.75.